The third-order valence-corrected chi connectivity index (χ3v) is 3.67. The van der Waals surface area contributed by atoms with Crippen LogP contribution in [0.2, 0.25) is 0 Å². The molecule has 112 valence electrons. The molecule has 0 saturated carbocycles. The number of aliphatic hydroxyl groups is 1. The summed E-state index contributed by atoms with van der Waals surface area (Å²) in [6, 6.07) is 0. The number of amides is 1. The molecule has 1 saturated heterocycles. The predicted molar refractivity (Wildman–Crippen MR) is 75.1 cm³/mol. The van der Waals surface area contributed by atoms with Crippen LogP contribution in [-0.2, 0) is 4.74 Å². The maximum atomic E-state index is 12.2. The minimum Gasteiger partial charge on any atom is -0.387 e. The lowest BCUT2D eigenvalue weighted by Crippen LogP contribution is -2.35. The van der Waals surface area contributed by atoms with Crippen molar-refractivity contribution >= 4 is 11.6 Å². The van der Waals surface area contributed by atoms with Crippen molar-refractivity contribution in [3.05, 3.63) is 30.0 Å². The van der Waals surface area contributed by atoms with E-state index in [1.807, 2.05) is 13.1 Å². The first-order chi connectivity index (χ1) is 10.1. The Balaban J connectivity index is 1.67. The average Bonchev–Trinajstić information content (AvgIpc) is 3.03. The number of nitrogens with zero attached hydrogens (tertiary/aromatic N) is 3. The van der Waals surface area contributed by atoms with E-state index in [2.05, 4.69) is 15.3 Å². The second-order valence-corrected chi connectivity index (χ2v) is 5.42. The number of aryl methyl sites for hydroxylation is 1. The summed E-state index contributed by atoms with van der Waals surface area (Å²) in [7, 11) is 0. The maximum absolute atomic E-state index is 12.2. The number of fused-ring (bicyclic) bond motifs is 1. The number of carbonyl (C=O) groups is 1. The number of nitrogens with one attached hydrogen (secondary N) is 1. The van der Waals surface area contributed by atoms with Crippen LogP contribution in [0.4, 0.5) is 0 Å². The van der Waals surface area contributed by atoms with E-state index in [0.717, 1.165) is 5.69 Å². The van der Waals surface area contributed by atoms with Crippen molar-refractivity contribution in [1.29, 1.82) is 0 Å². The summed E-state index contributed by atoms with van der Waals surface area (Å²) in [5.74, 6) is -0.284. The van der Waals surface area contributed by atoms with Crippen LogP contribution in [0.1, 0.15) is 29.0 Å². The number of carbonyl (C=O) groups excluding carboxylic acids is 1. The Morgan fingerprint density at radius 3 is 3.24 bits per heavy atom. The number of hydrogen-bond acceptors (Lipinski definition) is 5. The van der Waals surface area contributed by atoms with Gasteiger partial charge in [0.25, 0.3) is 5.91 Å². The van der Waals surface area contributed by atoms with Gasteiger partial charge in [-0.05, 0) is 13.3 Å². The van der Waals surface area contributed by atoms with E-state index in [9.17, 15) is 9.90 Å². The molecule has 1 fully saturated rings. The predicted octanol–water partition coefficient (Wildman–Crippen LogP) is 0.309. The molecule has 7 nitrogen and oxygen atoms in total. The van der Waals surface area contributed by atoms with Gasteiger partial charge in [0.15, 0.2) is 11.3 Å². The molecule has 1 amide bonds. The van der Waals surface area contributed by atoms with Gasteiger partial charge in [0.1, 0.15) is 0 Å². The molecule has 3 rings (SSSR count). The molecule has 1 atom stereocenters. The first-order valence-corrected chi connectivity index (χ1v) is 6.96. The highest BCUT2D eigenvalue weighted by atomic mass is 16.5. The lowest BCUT2D eigenvalue weighted by molar-refractivity contribution is 0.0197. The Morgan fingerprint density at radius 2 is 2.48 bits per heavy atom. The van der Waals surface area contributed by atoms with Gasteiger partial charge in [-0.15, -0.1) is 0 Å². The Kier molecular flexibility index (Phi) is 3.60. The van der Waals surface area contributed by atoms with E-state index in [0.29, 0.717) is 43.9 Å². The van der Waals surface area contributed by atoms with Crippen LogP contribution in [0.3, 0.4) is 0 Å². The van der Waals surface area contributed by atoms with Gasteiger partial charge in [0.05, 0.1) is 17.9 Å². The Bertz CT molecular complexity index is 661. The molecule has 2 aromatic rings. The molecule has 0 bridgehead atoms. The van der Waals surface area contributed by atoms with E-state index in [1.54, 1.807) is 16.8 Å². The standard InChI is InChI=1S/C14H18N4O3/c1-10-8-18-6-5-15-11(12(18)17-10)13(19)16-4-2-14(20)3-7-21-9-14/h5-6,8,20H,2-4,7,9H2,1H3,(H,16,19). The van der Waals surface area contributed by atoms with Crippen molar-refractivity contribution in [1.82, 2.24) is 19.7 Å². The lowest BCUT2D eigenvalue weighted by atomic mass is 9.99. The van der Waals surface area contributed by atoms with Gasteiger partial charge >= 0.3 is 0 Å². The quantitative estimate of drug-likeness (QED) is 0.846. The van der Waals surface area contributed by atoms with Gasteiger partial charge in [0, 0.05) is 38.2 Å². The van der Waals surface area contributed by atoms with Crippen LogP contribution in [0.5, 0.6) is 0 Å². The summed E-state index contributed by atoms with van der Waals surface area (Å²) in [6.45, 7) is 3.14. The van der Waals surface area contributed by atoms with Crippen LogP contribution in [0, 0.1) is 6.92 Å². The SMILES string of the molecule is Cc1cn2ccnc(C(=O)NCCC3(O)CCOC3)c2n1. The van der Waals surface area contributed by atoms with Crippen molar-refractivity contribution in [3.8, 4) is 0 Å². The van der Waals surface area contributed by atoms with Gasteiger partial charge in [-0.25, -0.2) is 9.97 Å². The number of aromatic nitrogens is 3. The highest BCUT2D eigenvalue weighted by Crippen LogP contribution is 2.21. The normalized spacial score (nSPS) is 21.8. The summed E-state index contributed by atoms with van der Waals surface area (Å²) in [5.41, 5.74) is 0.835. The van der Waals surface area contributed by atoms with Gasteiger partial charge in [-0.3, -0.25) is 4.79 Å². The molecular formula is C14H18N4O3. The number of rotatable bonds is 4. The van der Waals surface area contributed by atoms with Crippen LogP contribution in [0.25, 0.3) is 5.65 Å². The molecule has 0 aliphatic carbocycles. The smallest absolute Gasteiger partial charge is 0.273 e. The van der Waals surface area contributed by atoms with Crippen molar-refractivity contribution in [2.24, 2.45) is 0 Å². The van der Waals surface area contributed by atoms with Gasteiger partial charge in [0.2, 0.25) is 0 Å². The van der Waals surface area contributed by atoms with Crippen LogP contribution in [0.15, 0.2) is 18.6 Å². The molecule has 1 aliphatic heterocycles. The Hall–Kier alpha value is -1.99. The molecular weight excluding hydrogens is 272 g/mol. The van der Waals surface area contributed by atoms with E-state index >= 15 is 0 Å². The molecule has 1 unspecified atom stereocenters. The molecule has 3 heterocycles. The Morgan fingerprint density at radius 1 is 1.62 bits per heavy atom. The zero-order valence-corrected chi connectivity index (χ0v) is 11.9. The first kappa shape index (κ1) is 14.0. The second kappa shape index (κ2) is 5.42. The zero-order valence-electron chi connectivity index (χ0n) is 11.9. The minimum absolute atomic E-state index is 0.284. The van der Waals surface area contributed by atoms with E-state index in [-0.39, 0.29) is 5.91 Å². The minimum atomic E-state index is -0.823. The van der Waals surface area contributed by atoms with Crippen molar-refractivity contribution in [2.75, 3.05) is 19.8 Å². The molecule has 2 aromatic heterocycles. The van der Waals surface area contributed by atoms with Gasteiger partial charge < -0.3 is 19.6 Å². The molecule has 1 aliphatic rings. The van der Waals surface area contributed by atoms with Crippen molar-refractivity contribution < 1.29 is 14.6 Å². The lowest BCUT2D eigenvalue weighted by Gasteiger charge is -2.20. The number of hydrogen-bond donors (Lipinski definition) is 2. The third-order valence-electron chi connectivity index (χ3n) is 3.67. The van der Waals surface area contributed by atoms with Gasteiger partial charge in [-0.1, -0.05) is 0 Å². The first-order valence-electron chi connectivity index (χ1n) is 6.96. The van der Waals surface area contributed by atoms with E-state index < -0.39 is 5.60 Å². The van der Waals surface area contributed by atoms with Crippen LogP contribution in [-0.4, -0.2) is 50.7 Å². The highest BCUT2D eigenvalue weighted by molar-refractivity contribution is 5.97. The van der Waals surface area contributed by atoms with E-state index in [4.69, 9.17) is 4.74 Å². The second-order valence-electron chi connectivity index (χ2n) is 5.42. The molecule has 0 aromatic carbocycles. The van der Waals surface area contributed by atoms with Crippen LogP contribution >= 0.6 is 0 Å². The summed E-state index contributed by atoms with van der Waals surface area (Å²) in [5, 5.41) is 12.9. The van der Waals surface area contributed by atoms with Crippen molar-refractivity contribution in [3.63, 3.8) is 0 Å². The zero-order chi connectivity index (χ0) is 14.9. The number of imidazole rings is 1. The molecule has 0 spiro atoms. The summed E-state index contributed by atoms with van der Waals surface area (Å²) in [4.78, 5) is 20.6. The van der Waals surface area contributed by atoms with Crippen molar-refractivity contribution in [2.45, 2.75) is 25.4 Å². The third kappa shape index (κ3) is 2.88. The fourth-order valence-corrected chi connectivity index (χ4v) is 2.49. The summed E-state index contributed by atoms with van der Waals surface area (Å²) in [6.07, 6.45) is 6.24. The summed E-state index contributed by atoms with van der Waals surface area (Å²) >= 11 is 0. The molecule has 7 heteroatoms. The average molecular weight is 290 g/mol. The fraction of sp³-hybridized carbons (Fsp3) is 0.500. The summed E-state index contributed by atoms with van der Waals surface area (Å²) < 4.78 is 6.95. The van der Waals surface area contributed by atoms with E-state index in [1.165, 1.54) is 0 Å². The largest absolute Gasteiger partial charge is 0.387 e. The number of ether oxygens (including phenoxy) is 1. The highest BCUT2D eigenvalue weighted by Gasteiger charge is 2.31. The molecule has 2 N–H and O–H groups in total. The Labute approximate surface area is 122 Å². The van der Waals surface area contributed by atoms with Crippen LogP contribution < -0.4 is 5.32 Å². The topological polar surface area (TPSA) is 88.8 Å². The monoisotopic (exact) mass is 290 g/mol. The fourth-order valence-electron chi connectivity index (χ4n) is 2.49. The molecule has 21 heavy (non-hydrogen) atoms. The molecule has 0 radical (unpaired) electrons. The van der Waals surface area contributed by atoms with Gasteiger partial charge in [-0.2, -0.15) is 0 Å². The maximum Gasteiger partial charge on any atom is 0.273 e.